The number of nitrogens with two attached hydrogens (primary N) is 2. The molecule has 0 radical (unpaired) electrons. The highest BCUT2D eigenvalue weighted by molar-refractivity contribution is 5.87. The molecule has 162 valence electrons. The summed E-state index contributed by atoms with van der Waals surface area (Å²) >= 11 is 0. The van der Waals surface area contributed by atoms with Crippen molar-refractivity contribution in [2.24, 2.45) is 11.6 Å². The standard InChI is InChI=1S/C14H12O3.C7H6O2.CH4N2O2/c15-12-5-3-10(4-6-12)1-2-11-7-13(16)9-14(17)8-11;8-7(9)6-4-2-1-3-5-6;2-1(4)5-3/h1-9,15-17H;1-5H,(H,8,9);3H2,(H2,2,4)/b2-1+;;. The van der Waals surface area contributed by atoms with Crippen molar-refractivity contribution < 1.29 is 34.9 Å². The first-order valence-electron chi connectivity index (χ1n) is 8.66. The lowest BCUT2D eigenvalue weighted by atomic mass is 10.1. The molecule has 0 heterocycles. The van der Waals surface area contributed by atoms with Gasteiger partial charge in [-0.2, -0.15) is 5.90 Å². The lowest BCUT2D eigenvalue weighted by Gasteiger charge is -1.98. The van der Waals surface area contributed by atoms with E-state index < -0.39 is 12.1 Å². The van der Waals surface area contributed by atoms with E-state index in [0.29, 0.717) is 11.1 Å². The summed E-state index contributed by atoms with van der Waals surface area (Å²) in [6.07, 6.45) is 2.63. The lowest BCUT2D eigenvalue weighted by Crippen LogP contribution is -2.16. The van der Waals surface area contributed by atoms with E-state index in [1.54, 1.807) is 72.8 Å². The molecule has 0 aromatic heterocycles. The van der Waals surface area contributed by atoms with Crippen molar-refractivity contribution in [2.75, 3.05) is 0 Å². The Balaban J connectivity index is 0.000000287. The number of phenols is 3. The highest BCUT2D eigenvalue weighted by Crippen LogP contribution is 2.22. The number of rotatable bonds is 3. The van der Waals surface area contributed by atoms with E-state index >= 15 is 0 Å². The van der Waals surface area contributed by atoms with Gasteiger partial charge in [-0.05, 0) is 47.5 Å². The summed E-state index contributed by atoms with van der Waals surface area (Å²) in [5.74, 6) is 3.58. The van der Waals surface area contributed by atoms with Crippen LogP contribution in [0.1, 0.15) is 21.5 Å². The predicted octanol–water partition coefficient (Wildman–Crippen LogP) is 3.31. The second kappa shape index (κ2) is 12.9. The van der Waals surface area contributed by atoms with E-state index in [4.69, 9.17) is 10.2 Å². The molecule has 0 unspecified atom stereocenters. The molecule has 0 spiro atoms. The predicted molar refractivity (Wildman–Crippen MR) is 115 cm³/mol. The van der Waals surface area contributed by atoms with Gasteiger partial charge in [0.1, 0.15) is 17.2 Å². The van der Waals surface area contributed by atoms with Crippen LogP contribution in [0.2, 0.25) is 0 Å². The number of carbonyl (C=O) groups excluding carboxylic acids is 1. The van der Waals surface area contributed by atoms with Crippen LogP contribution in [-0.2, 0) is 4.84 Å². The fraction of sp³-hybridized carbons (Fsp3) is 0. The molecule has 0 aliphatic heterocycles. The van der Waals surface area contributed by atoms with Crippen LogP contribution in [-0.4, -0.2) is 32.5 Å². The number of primary amides is 1. The van der Waals surface area contributed by atoms with E-state index in [1.807, 2.05) is 6.08 Å². The number of aromatic hydroxyl groups is 3. The molecule has 0 saturated heterocycles. The Morgan fingerprint density at radius 2 is 1.23 bits per heavy atom. The number of carbonyl (C=O) groups is 2. The van der Waals surface area contributed by atoms with Gasteiger partial charge in [0, 0.05) is 6.07 Å². The average Bonchev–Trinajstić information content (AvgIpc) is 2.74. The number of hydrogen-bond acceptors (Lipinski definition) is 7. The van der Waals surface area contributed by atoms with Crippen molar-refractivity contribution in [3.63, 3.8) is 0 Å². The maximum Gasteiger partial charge on any atom is 0.423 e. The molecule has 1 amide bonds. The fourth-order valence-electron chi connectivity index (χ4n) is 2.07. The number of benzene rings is 3. The third-order valence-electron chi connectivity index (χ3n) is 3.42. The minimum atomic E-state index is -0.968. The van der Waals surface area contributed by atoms with Gasteiger partial charge in [0.2, 0.25) is 0 Å². The Hall–Kier alpha value is -4.50. The first-order valence-corrected chi connectivity index (χ1v) is 8.66. The first-order chi connectivity index (χ1) is 14.7. The topological polar surface area (TPSA) is 176 Å². The SMILES string of the molecule is NOC(N)=O.O=C(O)c1ccccc1.Oc1ccc(/C=C/c2cc(O)cc(O)c2)cc1. The molecule has 3 aromatic rings. The number of phenolic OH excluding ortho intramolecular Hbond substituents is 3. The zero-order valence-electron chi connectivity index (χ0n) is 16.3. The Kier molecular flexibility index (Phi) is 10.2. The zero-order chi connectivity index (χ0) is 23.2. The minimum Gasteiger partial charge on any atom is -0.508 e. The molecule has 0 atom stereocenters. The van der Waals surface area contributed by atoms with Crippen molar-refractivity contribution in [2.45, 2.75) is 0 Å². The highest BCUT2D eigenvalue weighted by atomic mass is 16.7. The molecular formula is C22H22N2O7. The molecule has 3 rings (SSSR count). The molecule has 3 aromatic carbocycles. The van der Waals surface area contributed by atoms with Crippen LogP contribution in [0.3, 0.4) is 0 Å². The van der Waals surface area contributed by atoms with Crippen molar-refractivity contribution in [3.05, 3.63) is 89.5 Å². The Morgan fingerprint density at radius 3 is 1.65 bits per heavy atom. The Morgan fingerprint density at radius 1 is 0.742 bits per heavy atom. The van der Waals surface area contributed by atoms with E-state index in [0.717, 1.165) is 5.56 Å². The van der Waals surface area contributed by atoms with Gasteiger partial charge >= 0.3 is 12.1 Å². The smallest absolute Gasteiger partial charge is 0.423 e. The summed E-state index contributed by atoms with van der Waals surface area (Å²) in [6, 6.07) is 19.4. The van der Waals surface area contributed by atoms with E-state index in [9.17, 15) is 19.8 Å². The molecule has 31 heavy (non-hydrogen) atoms. The molecule has 9 heteroatoms. The minimum absolute atomic E-state index is 0.0235. The number of amides is 1. The second-order valence-corrected chi connectivity index (χ2v) is 5.82. The molecule has 9 nitrogen and oxygen atoms in total. The lowest BCUT2D eigenvalue weighted by molar-refractivity contribution is 0.0696. The highest BCUT2D eigenvalue weighted by Gasteiger charge is 1.97. The molecule has 0 bridgehead atoms. The number of carboxylic acids is 1. The summed E-state index contributed by atoms with van der Waals surface area (Å²) in [6.45, 7) is 0. The maximum atomic E-state index is 10.2. The van der Waals surface area contributed by atoms with E-state index in [-0.39, 0.29) is 17.2 Å². The van der Waals surface area contributed by atoms with E-state index in [2.05, 4.69) is 16.5 Å². The summed E-state index contributed by atoms with van der Waals surface area (Å²) in [4.78, 5) is 22.8. The van der Waals surface area contributed by atoms with Gasteiger partial charge in [-0.1, -0.05) is 42.5 Å². The fourth-order valence-corrected chi connectivity index (χ4v) is 2.07. The van der Waals surface area contributed by atoms with Crippen LogP contribution < -0.4 is 11.6 Å². The van der Waals surface area contributed by atoms with Gasteiger partial charge in [-0.25, -0.2) is 9.59 Å². The van der Waals surface area contributed by atoms with Gasteiger partial charge in [0.25, 0.3) is 0 Å². The molecule has 0 aliphatic carbocycles. The molecule has 0 fully saturated rings. The van der Waals surface area contributed by atoms with E-state index in [1.165, 1.54) is 6.07 Å². The van der Waals surface area contributed by atoms with Gasteiger partial charge in [0.05, 0.1) is 5.56 Å². The third kappa shape index (κ3) is 10.6. The van der Waals surface area contributed by atoms with Gasteiger partial charge in [-0.3, -0.25) is 0 Å². The molecule has 0 saturated carbocycles. The quantitative estimate of drug-likeness (QED) is 0.273. The second-order valence-electron chi connectivity index (χ2n) is 5.82. The summed E-state index contributed by atoms with van der Waals surface area (Å²) in [5.41, 5.74) is 6.26. The number of aromatic carboxylic acids is 1. The van der Waals surface area contributed by atoms with Gasteiger partial charge < -0.3 is 31.0 Å². The van der Waals surface area contributed by atoms with Crippen molar-refractivity contribution >= 4 is 24.2 Å². The van der Waals surface area contributed by atoms with Crippen molar-refractivity contribution in [1.29, 1.82) is 0 Å². The monoisotopic (exact) mass is 426 g/mol. The van der Waals surface area contributed by atoms with Crippen molar-refractivity contribution in [3.8, 4) is 17.2 Å². The van der Waals surface area contributed by atoms with Crippen LogP contribution in [0.4, 0.5) is 4.79 Å². The largest absolute Gasteiger partial charge is 0.508 e. The number of carboxylic acid groups (broad SMARTS) is 1. The van der Waals surface area contributed by atoms with Crippen LogP contribution in [0.15, 0.2) is 72.8 Å². The first kappa shape index (κ1) is 24.5. The maximum absolute atomic E-state index is 10.2. The van der Waals surface area contributed by atoms with Crippen LogP contribution in [0.25, 0.3) is 12.2 Å². The third-order valence-corrected chi connectivity index (χ3v) is 3.42. The van der Waals surface area contributed by atoms with Crippen LogP contribution >= 0.6 is 0 Å². The molecule has 0 aliphatic rings. The van der Waals surface area contributed by atoms with Gasteiger partial charge in [0.15, 0.2) is 0 Å². The normalized spacial score (nSPS) is 9.58. The van der Waals surface area contributed by atoms with Crippen molar-refractivity contribution in [1.82, 2.24) is 0 Å². The Labute approximate surface area is 178 Å². The summed E-state index contributed by atoms with van der Waals surface area (Å²) in [7, 11) is 0. The molecule has 8 N–H and O–H groups in total. The summed E-state index contributed by atoms with van der Waals surface area (Å²) < 4.78 is 0. The number of hydrogen-bond donors (Lipinski definition) is 6. The average molecular weight is 426 g/mol. The van der Waals surface area contributed by atoms with Crippen LogP contribution in [0, 0.1) is 0 Å². The summed E-state index contributed by atoms with van der Waals surface area (Å²) in [5, 5.41) is 36.1. The Bertz CT molecular complexity index is 984. The molecular weight excluding hydrogens is 404 g/mol. The van der Waals surface area contributed by atoms with Gasteiger partial charge in [-0.15, -0.1) is 0 Å². The van der Waals surface area contributed by atoms with Crippen LogP contribution in [0.5, 0.6) is 17.2 Å². The zero-order valence-corrected chi connectivity index (χ0v) is 16.3.